The van der Waals surface area contributed by atoms with E-state index in [9.17, 15) is 0 Å². The van der Waals surface area contributed by atoms with Crippen molar-refractivity contribution in [1.29, 1.82) is 0 Å². The molecule has 0 aromatic carbocycles. The predicted octanol–water partition coefficient (Wildman–Crippen LogP) is 0.632. The molecule has 0 saturated heterocycles. The van der Waals surface area contributed by atoms with Crippen LogP contribution in [-0.4, -0.2) is 40.9 Å². The fourth-order valence-corrected chi connectivity index (χ4v) is 1.62. The van der Waals surface area contributed by atoms with Crippen LogP contribution in [0.3, 0.4) is 0 Å². The molecule has 0 aliphatic carbocycles. The number of likely N-dealkylation sites (N-methyl/N-ethyl adjacent to an activating group) is 1. The summed E-state index contributed by atoms with van der Waals surface area (Å²) in [4.78, 5) is 2.35. The molecule has 0 saturated carbocycles. The van der Waals surface area contributed by atoms with Gasteiger partial charge in [0.05, 0.1) is 0 Å². The first-order valence-corrected chi connectivity index (χ1v) is 5.52. The lowest BCUT2D eigenvalue weighted by Crippen LogP contribution is -2.32. The van der Waals surface area contributed by atoms with Crippen molar-refractivity contribution in [3.05, 3.63) is 18.0 Å². The van der Waals surface area contributed by atoms with E-state index < -0.39 is 0 Å². The van der Waals surface area contributed by atoms with Gasteiger partial charge in [-0.3, -0.25) is 4.68 Å². The summed E-state index contributed by atoms with van der Waals surface area (Å²) in [7, 11) is 4.13. The molecule has 15 heavy (non-hydrogen) atoms. The van der Waals surface area contributed by atoms with Gasteiger partial charge in [0, 0.05) is 37.9 Å². The van der Waals surface area contributed by atoms with Crippen molar-refractivity contribution in [2.24, 2.45) is 12.8 Å². The minimum Gasteiger partial charge on any atom is -0.330 e. The Kier molecular flexibility index (Phi) is 4.78. The SMILES string of the molecule is CC(CCN)N(C)CCc1ccnn1C. The number of hydrogen-bond donors (Lipinski definition) is 1. The molecule has 1 rings (SSSR count). The van der Waals surface area contributed by atoms with Crippen LogP contribution in [0.4, 0.5) is 0 Å². The topological polar surface area (TPSA) is 47.1 Å². The van der Waals surface area contributed by atoms with Crippen molar-refractivity contribution in [2.75, 3.05) is 20.1 Å². The van der Waals surface area contributed by atoms with Crippen LogP contribution in [-0.2, 0) is 13.5 Å². The minimum absolute atomic E-state index is 0.559. The lowest BCUT2D eigenvalue weighted by Gasteiger charge is -2.24. The van der Waals surface area contributed by atoms with Gasteiger partial charge in [-0.1, -0.05) is 0 Å². The van der Waals surface area contributed by atoms with Crippen LogP contribution in [0.25, 0.3) is 0 Å². The Bertz CT molecular complexity index is 282. The van der Waals surface area contributed by atoms with Gasteiger partial charge in [0.25, 0.3) is 0 Å². The second kappa shape index (κ2) is 5.88. The van der Waals surface area contributed by atoms with E-state index in [0.717, 1.165) is 25.9 Å². The molecule has 0 bridgehead atoms. The third-order valence-electron chi connectivity index (χ3n) is 2.98. The summed E-state index contributed by atoms with van der Waals surface area (Å²) in [5.74, 6) is 0. The monoisotopic (exact) mass is 210 g/mol. The van der Waals surface area contributed by atoms with E-state index >= 15 is 0 Å². The smallest absolute Gasteiger partial charge is 0.0492 e. The largest absolute Gasteiger partial charge is 0.330 e. The summed E-state index contributed by atoms with van der Waals surface area (Å²) in [6.45, 7) is 4.04. The molecule has 1 unspecified atom stereocenters. The molecule has 1 aromatic heterocycles. The molecule has 4 heteroatoms. The number of hydrogen-bond acceptors (Lipinski definition) is 3. The number of nitrogens with zero attached hydrogens (tertiary/aromatic N) is 3. The highest BCUT2D eigenvalue weighted by molar-refractivity contribution is 5.00. The molecule has 1 atom stereocenters. The van der Waals surface area contributed by atoms with E-state index in [2.05, 4.69) is 30.0 Å². The van der Waals surface area contributed by atoms with Gasteiger partial charge in [-0.05, 0) is 33.0 Å². The first-order chi connectivity index (χ1) is 7.15. The average molecular weight is 210 g/mol. The molecule has 0 aliphatic rings. The predicted molar refractivity (Wildman–Crippen MR) is 62.7 cm³/mol. The van der Waals surface area contributed by atoms with E-state index in [-0.39, 0.29) is 0 Å². The molecular weight excluding hydrogens is 188 g/mol. The summed E-state index contributed by atoms with van der Waals surface area (Å²) in [6.07, 6.45) is 3.95. The van der Waals surface area contributed by atoms with Gasteiger partial charge in [0.15, 0.2) is 0 Å². The van der Waals surface area contributed by atoms with Crippen LogP contribution in [0.5, 0.6) is 0 Å². The third-order valence-corrected chi connectivity index (χ3v) is 2.98. The zero-order chi connectivity index (χ0) is 11.3. The number of rotatable bonds is 6. The highest BCUT2D eigenvalue weighted by Gasteiger charge is 2.08. The van der Waals surface area contributed by atoms with Crippen LogP contribution in [0.15, 0.2) is 12.3 Å². The van der Waals surface area contributed by atoms with E-state index in [4.69, 9.17) is 5.73 Å². The van der Waals surface area contributed by atoms with Crippen LogP contribution in [0.1, 0.15) is 19.0 Å². The summed E-state index contributed by atoms with van der Waals surface area (Å²) in [6, 6.07) is 2.63. The first-order valence-electron chi connectivity index (χ1n) is 5.52. The highest BCUT2D eigenvalue weighted by atomic mass is 15.3. The van der Waals surface area contributed by atoms with Gasteiger partial charge >= 0.3 is 0 Å². The van der Waals surface area contributed by atoms with Gasteiger partial charge < -0.3 is 10.6 Å². The van der Waals surface area contributed by atoms with Crippen molar-refractivity contribution >= 4 is 0 Å². The number of nitrogens with two attached hydrogens (primary N) is 1. The van der Waals surface area contributed by atoms with Gasteiger partial charge in [-0.2, -0.15) is 5.10 Å². The Labute approximate surface area is 92.1 Å². The maximum Gasteiger partial charge on any atom is 0.0492 e. The highest BCUT2D eigenvalue weighted by Crippen LogP contribution is 2.03. The van der Waals surface area contributed by atoms with Crippen LogP contribution < -0.4 is 5.73 Å². The summed E-state index contributed by atoms with van der Waals surface area (Å²) < 4.78 is 1.93. The molecular formula is C11H22N4. The summed E-state index contributed by atoms with van der Waals surface area (Å²) in [5, 5.41) is 4.15. The van der Waals surface area contributed by atoms with Crippen molar-refractivity contribution < 1.29 is 0 Å². The molecule has 2 N–H and O–H groups in total. The van der Waals surface area contributed by atoms with Gasteiger partial charge in [-0.25, -0.2) is 0 Å². The van der Waals surface area contributed by atoms with Gasteiger partial charge in [0.1, 0.15) is 0 Å². The standard InChI is InChI=1S/C11H22N4/c1-10(4-7-12)14(2)9-6-11-5-8-13-15(11)3/h5,8,10H,4,6-7,9,12H2,1-3H3. The zero-order valence-corrected chi connectivity index (χ0v) is 9.98. The Balaban J connectivity index is 2.34. The van der Waals surface area contributed by atoms with Crippen molar-refractivity contribution in [3.8, 4) is 0 Å². The summed E-state index contributed by atoms with van der Waals surface area (Å²) in [5.41, 5.74) is 6.82. The van der Waals surface area contributed by atoms with Crippen molar-refractivity contribution in [3.63, 3.8) is 0 Å². The molecule has 0 aliphatic heterocycles. The number of aromatic nitrogens is 2. The van der Waals surface area contributed by atoms with E-state index in [1.54, 1.807) is 0 Å². The lowest BCUT2D eigenvalue weighted by molar-refractivity contribution is 0.250. The van der Waals surface area contributed by atoms with Gasteiger partial charge in [0.2, 0.25) is 0 Å². The quantitative estimate of drug-likeness (QED) is 0.749. The van der Waals surface area contributed by atoms with E-state index in [0.29, 0.717) is 6.04 Å². The third kappa shape index (κ3) is 3.64. The molecule has 1 aromatic rings. The van der Waals surface area contributed by atoms with Crippen LogP contribution in [0, 0.1) is 0 Å². The Morgan fingerprint density at radius 1 is 1.60 bits per heavy atom. The van der Waals surface area contributed by atoms with Crippen molar-refractivity contribution in [1.82, 2.24) is 14.7 Å². The maximum atomic E-state index is 5.54. The molecule has 0 radical (unpaired) electrons. The molecule has 0 amide bonds. The fourth-order valence-electron chi connectivity index (χ4n) is 1.62. The normalized spacial score (nSPS) is 13.4. The second-order valence-corrected chi connectivity index (χ2v) is 4.10. The Hall–Kier alpha value is -0.870. The average Bonchev–Trinajstić information content (AvgIpc) is 2.61. The summed E-state index contributed by atoms with van der Waals surface area (Å²) >= 11 is 0. The number of aryl methyl sites for hydroxylation is 1. The molecule has 0 fully saturated rings. The molecule has 4 nitrogen and oxygen atoms in total. The van der Waals surface area contributed by atoms with E-state index in [1.807, 2.05) is 17.9 Å². The fraction of sp³-hybridized carbons (Fsp3) is 0.727. The second-order valence-electron chi connectivity index (χ2n) is 4.10. The molecule has 0 spiro atoms. The molecule has 86 valence electrons. The molecule has 1 heterocycles. The van der Waals surface area contributed by atoms with Crippen LogP contribution in [0.2, 0.25) is 0 Å². The maximum absolute atomic E-state index is 5.54. The van der Waals surface area contributed by atoms with E-state index in [1.165, 1.54) is 5.69 Å². The Morgan fingerprint density at radius 2 is 2.33 bits per heavy atom. The van der Waals surface area contributed by atoms with Crippen LogP contribution >= 0.6 is 0 Å². The Morgan fingerprint density at radius 3 is 2.87 bits per heavy atom. The van der Waals surface area contributed by atoms with Gasteiger partial charge in [-0.15, -0.1) is 0 Å². The zero-order valence-electron chi connectivity index (χ0n) is 9.98. The first kappa shape index (κ1) is 12.2. The lowest BCUT2D eigenvalue weighted by atomic mass is 10.2. The van der Waals surface area contributed by atoms with Crippen molar-refractivity contribution in [2.45, 2.75) is 25.8 Å². The minimum atomic E-state index is 0.559.